The molecule has 0 bridgehead atoms. The monoisotopic (exact) mass is 333 g/mol. The van der Waals surface area contributed by atoms with Gasteiger partial charge in [0.2, 0.25) is 0 Å². The van der Waals surface area contributed by atoms with Gasteiger partial charge < -0.3 is 0 Å². The van der Waals surface area contributed by atoms with Gasteiger partial charge in [0.25, 0.3) is 0 Å². The summed E-state index contributed by atoms with van der Waals surface area (Å²) in [6.45, 7) is 0. The van der Waals surface area contributed by atoms with Gasteiger partial charge in [0.05, 0.1) is 0 Å². The molecule has 0 spiro atoms. The van der Waals surface area contributed by atoms with Gasteiger partial charge in [-0.3, -0.25) is 0 Å². The van der Waals surface area contributed by atoms with Crippen LogP contribution in [0.5, 0.6) is 0 Å². The van der Waals surface area contributed by atoms with E-state index in [0.717, 1.165) is 5.56 Å². The third kappa shape index (κ3) is 2.20. The van der Waals surface area contributed by atoms with Crippen LogP contribution in [0, 0.1) is 10.7 Å². The van der Waals surface area contributed by atoms with Crippen molar-refractivity contribution in [3.8, 4) is 10.7 Å². The molecule has 0 unspecified atom stereocenters. The summed E-state index contributed by atoms with van der Waals surface area (Å²) < 4.78 is 2.89. The average Bonchev–Trinajstić information content (AvgIpc) is 2.88. The molecule has 0 nitrogen and oxygen atoms in total. The number of benzene rings is 3. The van der Waals surface area contributed by atoms with Crippen LogP contribution in [0.25, 0.3) is 19.3 Å². The Kier molecular flexibility index (Phi) is 3.13. The second-order valence-corrected chi connectivity index (χ2v) is 8.45. The quantitative estimate of drug-likeness (QED) is 0.326. The second kappa shape index (κ2) is 5.26. The van der Waals surface area contributed by atoms with Gasteiger partial charge in [0.1, 0.15) is 0 Å². The Morgan fingerprint density at radius 1 is 0.571 bits per heavy atom. The molecule has 0 saturated carbocycles. The van der Waals surface area contributed by atoms with Crippen molar-refractivity contribution in [1.29, 1.82) is 0 Å². The fourth-order valence-electron chi connectivity index (χ4n) is 2.59. The molecule has 4 aromatic rings. The number of fused-ring (bicyclic) bond motifs is 3. The zero-order chi connectivity index (χ0) is 14.1. The number of hydrogen-bond acceptors (Lipinski definition) is 0. The van der Waals surface area contributed by atoms with Crippen LogP contribution in [0.3, 0.4) is 0 Å². The molecule has 0 aliphatic heterocycles. The molecule has 0 fully saturated rings. The van der Waals surface area contributed by atoms with Crippen LogP contribution >= 0.6 is 0 Å². The Balaban J connectivity index is 2.01. The van der Waals surface area contributed by atoms with Gasteiger partial charge in [-0.2, -0.15) is 0 Å². The van der Waals surface area contributed by atoms with Crippen molar-refractivity contribution >= 4 is 32.7 Å². The van der Waals surface area contributed by atoms with Crippen LogP contribution in [0.1, 0.15) is 5.56 Å². The molecule has 3 aromatic carbocycles. The summed E-state index contributed by atoms with van der Waals surface area (Å²) in [4.78, 5) is 3.59. The number of rotatable bonds is 0. The summed E-state index contributed by atoms with van der Waals surface area (Å²) >= 11 is -1.25. The van der Waals surface area contributed by atoms with E-state index in [-0.39, 0.29) is 0 Å². The molecule has 0 saturated heterocycles. The molecule has 0 amide bonds. The van der Waals surface area contributed by atoms with Crippen molar-refractivity contribution in [3.05, 3.63) is 84.4 Å². The molecule has 1 heteroatoms. The van der Waals surface area contributed by atoms with Gasteiger partial charge in [-0.15, -0.1) is 0 Å². The molecule has 0 radical (unpaired) electrons. The molecule has 0 aliphatic carbocycles. The Morgan fingerprint density at radius 3 is 1.71 bits per heavy atom. The first kappa shape index (κ1) is 12.5. The van der Waals surface area contributed by atoms with E-state index in [1.807, 2.05) is 18.2 Å². The Morgan fingerprint density at radius 2 is 1.10 bits per heavy atom. The number of hydrogen-bond donors (Lipinski definition) is 0. The zero-order valence-corrected chi connectivity index (χ0v) is 13.1. The molecule has 0 atom stereocenters. The van der Waals surface area contributed by atoms with Gasteiger partial charge in [-0.25, -0.2) is 0 Å². The molecule has 98 valence electrons. The van der Waals surface area contributed by atoms with Gasteiger partial charge in [0, 0.05) is 0 Å². The van der Waals surface area contributed by atoms with Crippen molar-refractivity contribution in [2.45, 2.75) is 0 Å². The molecule has 0 N–H and O–H groups in total. The first-order valence-corrected chi connectivity index (χ1v) is 9.50. The average molecular weight is 332 g/mol. The predicted octanol–water partition coefficient (Wildman–Crippen LogP) is 4.59. The summed E-state index contributed by atoms with van der Waals surface area (Å²) in [6.07, 6.45) is 0. The van der Waals surface area contributed by atoms with E-state index in [0.29, 0.717) is 0 Å². The molecule has 4 rings (SSSR count). The molecular formula is C20H13Se+. The normalized spacial score (nSPS) is 10.5. The van der Waals surface area contributed by atoms with Crippen LogP contribution < -0.4 is 0 Å². The first-order valence-electron chi connectivity index (χ1n) is 6.93. The predicted molar refractivity (Wildman–Crippen MR) is 91.7 cm³/mol. The first-order chi connectivity index (χ1) is 10.4. The second-order valence-electron chi connectivity index (χ2n) is 4.89. The van der Waals surface area contributed by atoms with Crippen LogP contribution in [0.2, 0.25) is 0 Å². The van der Waals surface area contributed by atoms with E-state index < -0.39 is 13.4 Å². The van der Waals surface area contributed by atoms with Gasteiger partial charge in [0.15, 0.2) is 0 Å². The SMILES string of the molecule is C(#C[se+]1c2ccccc2c2ccccc21)c1ccccc1. The molecule has 0 aliphatic rings. The van der Waals surface area contributed by atoms with Crippen molar-refractivity contribution in [2.75, 3.05) is 0 Å². The van der Waals surface area contributed by atoms with E-state index in [9.17, 15) is 0 Å². The summed E-state index contributed by atoms with van der Waals surface area (Å²) in [7, 11) is 0. The fraction of sp³-hybridized carbons (Fsp3) is 0. The van der Waals surface area contributed by atoms with Gasteiger partial charge >= 0.3 is 128 Å². The van der Waals surface area contributed by atoms with Crippen molar-refractivity contribution in [3.63, 3.8) is 0 Å². The molecule has 21 heavy (non-hydrogen) atoms. The van der Waals surface area contributed by atoms with E-state index in [1.54, 1.807) is 0 Å². The zero-order valence-electron chi connectivity index (χ0n) is 11.4. The molecular weight excluding hydrogens is 319 g/mol. The Labute approximate surface area is 128 Å². The minimum atomic E-state index is -1.25. The Hall–Kier alpha value is -2.26. The molecule has 1 aromatic heterocycles. The third-order valence-corrected chi connectivity index (χ3v) is 7.56. The fourth-order valence-corrected chi connectivity index (χ4v) is 6.58. The summed E-state index contributed by atoms with van der Waals surface area (Å²) in [5, 5.41) is 2.75. The van der Waals surface area contributed by atoms with Gasteiger partial charge in [-0.1, -0.05) is 0 Å². The maximum atomic E-state index is 3.59. The Bertz CT molecular complexity index is 929. The van der Waals surface area contributed by atoms with Crippen LogP contribution in [0.15, 0.2) is 78.9 Å². The van der Waals surface area contributed by atoms with Crippen molar-refractivity contribution in [2.24, 2.45) is 0 Å². The van der Waals surface area contributed by atoms with E-state index in [4.69, 9.17) is 0 Å². The summed E-state index contributed by atoms with van der Waals surface area (Å²) in [5.74, 6) is 3.37. The standard InChI is InChI=1S/C20H13Se/c1-2-8-16(9-3-1)14-15-21-19-12-6-4-10-17(19)18-11-5-7-13-20(18)21/h1-13H/q+1. The van der Waals surface area contributed by atoms with Crippen LogP contribution in [0.4, 0.5) is 0 Å². The summed E-state index contributed by atoms with van der Waals surface area (Å²) in [6, 6.07) is 27.7. The van der Waals surface area contributed by atoms with Gasteiger partial charge in [-0.05, 0) is 0 Å². The topological polar surface area (TPSA) is 0 Å². The van der Waals surface area contributed by atoms with Crippen LogP contribution in [-0.4, -0.2) is 13.4 Å². The van der Waals surface area contributed by atoms with E-state index >= 15 is 0 Å². The maximum absolute atomic E-state index is 3.59. The van der Waals surface area contributed by atoms with E-state index in [1.165, 1.54) is 19.3 Å². The van der Waals surface area contributed by atoms with Crippen LogP contribution in [-0.2, 0) is 0 Å². The minimum absolute atomic E-state index is 1.10. The van der Waals surface area contributed by atoms with E-state index in [2.05, 4.69) is 71.4 Å². The molecule has 1 heterocycles. The van der Waals surface area contributed by atoms with Crippen molar-refractivity contribution < 1.29 is 0 Å². The third-order valence-electron chi connectivity index (χ3n) is 3.58. The van der Waals surface area contributed by atoms with Crippen molar-refractivity contribution in [1.82, 2.24) is 0 Å². The summed E-state index contributed by atoms with van der Waals surface area (Å²) in [5.41, 5.74) is 1.10.